The van der Waals surface area contributed by atoms with Crippen LogP contribution in [0.15, 0.2) is 0 Å². The van der Waals surface area contributed by atoms with E-state index < -0.39 is 0 Å². The van der Waals surface area contributed by atoms with Crippen LogP contribution >= 0.6 is 23.5 Å². The molecule has 0 spiro atoms. The molecule has 0 bridgehead atoms. The van der Waals surface area contributed by atoms with Gasteiger partial charge in [-0.25, -0.2) is 0 Å². The van der Waals surface area contributed by atoms with Crippen LogP contribution in [0.25, 0.3) is 0 Å². The molecule has 0 saturated carbocycles. The Morgan fingerprint density at radius 2 is 1.83 bits per heavy atom. The van der Waals surface area contributed by atoms with Crippen molar-refractivity contribution in [2.45, 2.75) is 0 Å². The second-order valence-electron chi connectivity index (χ2n) is 0.947. The van der Waals surface area contributed by atoms with Crippen LogP contribution in [0.5, 0.6) is 0 Å². The molecule has 0 N–H and O–H groups in total. The SMILES string of the molecule is [Se]=C1SCCS1. The fourth-order valence-corrected chi connectivity index (χ4v) is 3.17. The third kappa shape index (κ3) is 1.30. The molecule has 0 aromatic carbocycles. The van der Waals surface area contributed by atoms with Crippen molar-refractivity contribution in [3.05, 3.63) is 0 Å². The van der Waals surface area contributed by atoms with E-state index >= 15 is 0 Å². The molecular formula is C3H4S2Se. The monoisotopic (exact) mass is 184 g/mol. The maximum atomic E-state index is 2.98. The molecular weight excluding hydrogens is 179 g/mol. The van der Waals surface area contributed by atoms with Crippen molar-refractivity contribution in [3.8, 4) is 0 Å². The van der Waals surface area contributed by atoms with Gasteiger partial charge in [0, 0.05) is 0 Å². The maximum absolute atomic E-state index is 2.98. The van der Waals surface area contributed by atoms with E-state index in [1.165, 1.54) is 14.6 Å². The topological polar surface area (TPSA) is 0 Å². The fraction of sp³-hybridized carbons (Fsp3) is 0.667. The van der Waals surface area contributed by atoms with Crippen molar-refractivity contribution in [1.82, 2.24) is 0 Å². The predicted octanol–water partition coefficient (Wildman–Crippen LogP) is 0.722. The molecule has 1 saturated heterocycles. The summed E-state index contributed by atoms with van der Waals surface area (Å²) < 4.78 is 1.41. The molecule has 34 valence electrons. The van der Waals surface area contributed by atoms with Crippen LogP contribution in [-0.4, -0.2) is 30.2 Å². The van der Waals surface area contributed by atoms with Crippen LogP contribution in [0, 0.1) is 0 Å². The number of hydrogen-bond donors (Lipinski definition) is 0. The summed E-state index contributed by atoms with van der Waals surface area (Å²) in [4.78, 5) is 0. The van der Waals surface area contributed by atoms with E-state index in [9.17, 15) is 0 Å². The van der Waals surface area contributed by atoms with Crippen LogP contribution in [0.2, 0.25) is 0 Å². The molecule has 0 amide bonds. The molecule has 0 atom stereocenters. The van der Waals surface area contributed by atoms with Gasteiger partial charge in [-0.1, -0.05) is 0 Å². The quantitative estimate of drug-likeness (QED) is 0.507. The summed E-state index contributed by atoms with van der Waals surface area (Å²) in [6.07, 6.45) is 0. The summed E-state index contributed by atoms with van der Waals surface area (Å²) in [5.74, 6) is 2.60. The van der Waals surface area contributed by atoms with Crippen LogP contribution in [0.1, 0.15) is 0 Å². The third-order valence-corrected chi connectivity index (χ3v) is 4.26. The van der Waals surface area contributed by atoms with E-state index in [1.807, 2.05) is 23.5 Å². The Balaban J connectivity index is 2.37. The first kappa shape index (κ1) is 5.23. The molecule has 6 heavy (non-hydrogen) atoms. The van der Waals surface area contributed by atoms with E-state index in [0.29, 0.717) is 0 Å². The molecule has 1 aliphatic heterocycles. The van der Waals surface area contributed by atoms with Crippen LogP contribution in [-0.2, 0) is 0 Å². The van der Waals surface area contributed by atoms with Gasteiger partial charge >= 0.3 is 53.7 Å². The number of hydrogen-bond acceptors (Lipinski definition) is 2. The summed E-state index contributed by atoms with van der Waals surface area (Å²) in [7, 11) is 0. The Bertz CT molecular complexity index is 63.2. The van der Waals surface area contributed by atoms with Gasteiger partial charge in [0.05, 0.1) is 0 Å². The summed E-state index contributed by atoms with van der Waals surface area (Å²) in [6, 6.07) is 0. The number of rotatable bonds is 0. The van der Waals surface area contributed by atoms with Gasteiger partial charge in [0.25, 0.3) is 0 Å². The average Bonchev–Trinajstić information content (AvgIpc) is 1.86. The fourth-order valence-electron chi connectivity index (χ4n) is 0.292. The average molecular weight is 183 g/mol. The van der Waals surface area contributed by atoms with Crippen LogP contribution in [0.4, 0.5) is 0 Å². The Morgan fingerprint density at radius 3 is 2.00 bits per heavy atom. The third-order valence-electron chi connectivity index (χ3n) is 0.523. The minimum atomic E-state index is 1.30. The van der Waals surface area contributed by atoms with Crippen molar-refractivity contribution in [3.63, 3.8) is 0 Å². The Kier molecular flexibility index (Phi) is 2.10. The molecule has 1 aliphatic rings. The zero-order valence-corrected chi connectivity index (χ0v) is 6.49. The molecule has 0 radical (unpaired) electrons. The van der Waals surface area contributed by atoms with Gasteiger partial charge < -0.3 is 0 Å². The summed E-state index contributed by atoms with van der Waals surface area (Å²) in [5, 5.41) is 0. The van der Waals surface area contributed by atoms with Gasteiger partial charge in [-0.05, 0) is 0 Å². The Hall–Kier alpha value is 1.09. The van der Waals surface area contributed by atoms with Gasteiger partial charge in [-0.15, -0.1) is 0 Å². The summed E-state index contributed by atoms with van der Waals surface area (Å²) >= 11 is 6.82. The first-order valence-corrected chi connectivity index (χ1v) is 4.52. The van der Waals surface area contributed by atoms with Crippen molar-refractivity contribution in [2.24, 2.45) is 0 Å². The molecule has 1 heterocycles. The molecule has 0 unspecified atom stereocenters. The second-order valence-corrected chi connectivity index (χ2v) is 5.44. The van der Waals surface area contributed by atoms with E-state index in [4.69, 9.17) is 0 Å². The van der Waals surface area contributed by atoms with E-state index in [1.54, 1.807) is 0 Å². The first-order valence-electron chi connectivity index (χ1n) is 1.69. The molecule has 0 nitrogen and oxygen atoms in total. The van der Waals surface area contributed by atoms with Gasteiger partial charge in [0.1, 0.15) is 0 Å². The first-order chi connectivity index (χ1) is 2.89. The molecule has 1 fully saturated rings. The standard InChI is InChI=1S/C3H4S2Se/c6-3-4-1-2-5-3/h1-2H2. The van der Waals surface area contributed by atoms with E-state index in [-0.39, 0.29) is 0 Å². The molecule has 0 aromatic rings. The number of thioether (sulfide) groups is 2. The van der Waals surface area contributed by atoms with Crippen molar-refractivity contribution in [1.29, 1.82) is 0 Å². The van der Waals surface area contributed by atoms with E-state index in [2.05, 4.69) is 15.6 Å². The van der Waals surface area contributed by atoms with Crippen LogP contribution in [0.3, 0.4) is 0 Å². The van der Waals surface area contributed by atoms with E-state index in [0.717, 1.165) is 0 Å². The van der Waals surface area contributed by atoms with Gasteiger partial charge in [-0.2, -0.15) is 0 Å². The predicted molar refractivity (Wildman–Crippen MR) is 35.7 cm³/mol. The summed E-state index contributed by atoms with van der Waals surface area (Å²) in [6.45, 7) is 0. The zero-order chi connectivity index (χ0) is 4.41. The van der Waals surface area contributed by atoms with Crippen molar-refractivity contribution < 1.29 is 0 Å². The van der Waals surface area contributed by atoms with Crippen LogP contribution < -0.4 is 0 Å². The molecule has 0 aliphatic carbocycles. The normalized spacial score (nSPS) is 22.3. The second kappa shape index (κ2) is 2.41. The van der Waals surface area contributed by atoms with Gasteiger partial charge in [0.2, 0.25) is 0 Å². The summed E-state index contributed by atoms with van der Waals surface area (Å²) in [5.41, 5.74) is 0. The zero-order valence-electron chi connectivity index (χ0n) is 3.14. The molecule has 1 rings (SSSR count). The molecule has 0 aromatic heterocycles. The van der Waals surface area contributed by atoms with Crippen molar-refractivity contribution in [2.75, 3.05) is 11.5 Å². The Labute approximate surface area is 53.8 Å². The molecule has 3 heteroatoms. The van der Waals surface area contributed by atoms with Crippen molar-refractivity contribution >= 4 is 42.2 Å². The van der Waals surface area contributed by atoms with Gasteiger partial charge in [0.15, 0.2) is 0 Å². The Morgan fingerprint density at radius 1 is 1.33 bits per heavy atom. The minimum absolute atomic E-state index is 1.30. The van der Waals surface area contributed by atoms with Gasteiger partial charge in [-0.3, -0.25) is 0 Å².